The molecule has 0 aliphatic carbocycles. The van der Waals surface area contributed by atoms with Crippen LogP contribution >= 0.6 is 0 Å². The third-order valence-corrected chi connectivity index (χ3v) is 2.13. The minimum absolute atomic E-state index is 0.339. The van der Waals surface area contributed by atoms with Gasteiger partial charge in [0.1, 0.15) is 0 Å². The maximum Gasteiger partial charge on any atom is 0.208 e. The first-order chi connectivity index (χ1) is 4.75. The zero-order valence-corrected chi connectivity index (χ0v) is 6.39. The lowest BCUT2D eigenvalue weighted by Crippen LogP contribution is -2.51. The number of ether oxygens (including phenoxy) is 2. The molecule has 1 rings (SSSR count). The summed E-state index contributed by atoms with van der Waals surface area (Å²) in [6.07, 6.45) is -0.334. The summed E-state index contributed by atoms with van der Waals surface area (Å²) >= 11 is 0. The molecule has 0 amide bonds. The Labute approximate surface area is 60.3 Å². The molecule has 0 N–H and O–H groups in total. The quantitative estimate of drug-likeness (QED) is 0.601. The molecule has 0 saturated carbocycles. The van der Waals surface area contributed by atoms with Crippen molar-refractivity contribution in [3.05, 3.63) is 0 Å². The molecule has 0 radical (unpaired) electrons. The number of hydrogen-bond donors (Lipinski definition) is 0. The lowest BCUT2D eigenvalue weighted by molar-refractivity contribution is -0.266. The van der Waals surface area contributed by atoms with Gasteiger partial charge in [0.25, 0.3) is 0 Å². The van der Waals surface area contributed by atoms with Crippen molar-refractivity contribution in [1.29, 1.82) is 0 Å². The highest BCUT2D eigenvalue weighted by atomic mass is 19.1. The Morgan fingerprint density at radius 1 is 1.80 bits per heavy atom. The van der Waals surface area contributed by atoms with Crippen LogP contribution < -0.4 is 0 Å². The van der Waals surface area contributed by atoms with Crippen LogP contribution in [0.3, 0.4) is 0 Å². The fourth-order valence-electron chi connectivity index (χ4n) is 1.14. The highest BCUT2D eigenvalue weighted by Gasteiger charge is 2.47. The van der Waals surface area contributed by atoms with Crippen LogP contribution in [0, 0.1) is 5.41 Å². The Bertz CT molecular complexity index is 114. The van der Waals surface area contributed by atoms with Gasteiger partial charge in [-0.25, -0.2) is 4.39 Å². The smallest absolute Gasteiger partial charge is 0.208 e. The Kier molecular flexibility index (Phi) is 2.26. The van der Waals surface area contributed by atoms with E-state index in [1.807, 2.05) is 6.92 Å². The molecular formula is C7H13FO2. The van der Waals surface area contributed by atoms with E-state index in [-0.39, 0.29) is 5.41 Å². The van der Waals surface area contributed by atoms with Crippen molar-refractivity contribution in [2.24, 2.45) is 5.41 Å². The van der Waals surface area contributed by atoms with Gasteiger partial charge in [-0.3, -0.25) is 0 Å². The maximum absolute atomic E-state index is 12.7. The second kappa shape index (κ2) is 2.84. The van der Waals surface area contributed by atoms with Crippen molar-refractivity contribution in [2.75, 3.05) is 20.3 Å². The van der Waals surface area contributed by atoms with Gasteiger partial charge in [0.2, 0.25) is 6.36 Å². The minimum atomic E-state index is -1.11. The van der Waals surface area contributed by atoms with E-state index in [0.29, 0.717) is 13.2 Å². The number of methoxy groups -OCH3 is 1. The van der Waals surface area contributed by atoms with Crippen LogP contribution in [0.2, 0.25) is 0 Å². The molecule has 3 heteroatoms. The van der Waals surface area contributed by atoms with E-state index < -0.39 is 6.36 Å². The van der Waals surface area contributed by atoms with E-state index in [0.717, 1.165) is 6.42 Å². The van der Waals surface area contributed by atoms with Gasteiger partial charge in [0, 0.05) is 7.11 Å². The summed E-state index contributed by atoms with van der Waals surface area (Å²) in [6, 6.07) is 0. The SMILES string of the molecule is CCC1(COC)COC1F. The molecule has 0 aromatic rings. The first kappa shape index (κ1) is 7.95. The second-order valence-corrected chi connectivity index (χ2v) is 2.78. The first-order valence-corrected chi connectivity index (χ1v) is 3.50. The number of hydrogen-bond acceptors (Lipinski definition) is 2. The molecule has 0 aromatic carbocycles. The molecule has 60 valence electrons. The largest absolute Gasteiger partial charge is 0.384 e. The standard InChI is InChI=1S/C7H13FO2/c1-3-7(4-9-2)5-10-6(7)8/h6H,3-5H2,1-2H3. The molecule has 0 bridgehead atoms. The summed E-state index contributed by atoms with van der Waals surface area (Å²) in [7, 11) is 1.59. The highest BCUT2D eigenvalue weighted by Crippen LogP contribution is 2.39. The highest BCUT2D eigenvalue weighted by molar-refractivity contribution is 4.87. The van der Waals surface area contributed by atoms with Gasteiger partial charge < -0.3 is 9.47 Å². The molecule has 1 heterocycles. The average Bonchev–Trinajstić information content (AvgIpc) is 1.97. The molecule has 1 fully saturated rings. The number of halogens is 1. The van der Waals surface area contributed by atoms with Gasteiger partial charge in [-0.2, -0.15) is 0 Å². The van der Waals surface area contributed by atoms with E-state index >= 15 is 0 Å². The van der Waals surface area contributed by atoms with Crippen LogP contribution in [0.15, 0.2) is 0 Å². The Hall–Kier alpha value is -0.150. The van der Waals surface area contributed by atoms with E-state index in [2.05, 4.69) is 4.74 Å². The van der Waals surface area contributed by atoms with Crippen molar-refractivity contribution in [3.63, 3.8) is 0 Å². The van der Waals surface area contributed by atoms with Gasteiger partial charge in [-0.1, -0.05) is 6.92 Å². The molecule has 2 atom stereocenters. The third-order valence-electron chi connectivity index (χ3n) is 2.13. The predicted molar refractivity (Wildman–Crippen MR) is 35.4 cm³/mol. The number of alkyl halides is 1. The van der Waals surface area contributed by atoms with Gasteiger partial charge in [0.05, 0.1) is 18.6 Å². The zero-order chi connectivity index (χ0) is 7.61. The summed E-state index contributed by atoms with van der Waals surface area (Å²) in [5.74, 6) is 0. The van der Waals surface area contributed by atoms with Gasteiger partial charge >= 0.3 is 0 Å². The Balaban J connectivity index is 2.43. The van der Waals surface area contributed by atoms with Crippen LogP contribution in [-0.2, 0) is 9.47 Å². The molecule has 2 nitrogen and oxygen atoms in total. The predicted octanol–water partition coefficient (Wildman–Crippen LogP) is 1.35. The van der Waals surface area contributed by atoms with Crippen LogP contribution in [0.4, 0.5) is 4.39 Å². The lowest BCUT2D eigenvalue weighted by Gasteiger charge is -2.43. The van der Waals surface area contributed by atoms with Crippen molar-refractivity contribution in [3.8, 4) is 0 Å². The van der Waals surface area contributed by atoms with Crippen molar-refractivity contribution >= 4 is 0 Å². The minimum Gasteiger partial charge on any atom is -0.384 e. The van der Waals surface area contributed by atoms with E-state index in [1.165, 1.54) is 0 Å². The summed E-state index contributed by atoms with van der Waals surface area (Å²) in [6.45, 7) is 2.91. The Morgan fingerprint density at radius 3 is 2.60 bits per heavy atom. The van der Waals surface area contributed by atoms with E-state index in [4.69, 9.17) is 4.74 Å². The van der Waals surface area contributed by atoms with E-state index in [1.54, 1.807) is 7.11 Å². The fourth-order valence-corrected chi connectivity index (χ4v) is 1.14. The van der Waals surface area contributed by atoms with Gasteiger partial charge in [-0.05, 0) is 6.42 Å². The molecule has 1 aliphatic heterocycles. The molecular weight excluding hydrogens is 135 g/mol. The van der Waals surface area contributed by atoms with Crippen molar-refractivity contribution in [1.82, 2.24) is 0 Å². The normalized spacial score (nSPS) is 39.3. The monoisotopic (exact) mass is 148 g/mol. The first-order valence-electron chi connectivity index (χ1n) is 3.50. The van der Waals surface area contributed by atoms with Crippen LogP contribution in [-0.4, -0.2) is 26.7 Å². The number of rotatable bonds is 3. The van der Waals surface area contributed by atoms with Crippen molar-refractivity contribution in [2.45, 2.75) is 19.7 Å². The topological polar surface area (TPSA) is 18.5 Å². The summed E-state index contributed by atoms with van der Waals surface area (Å²) < 4.78 is 22.3. The third kappa shape index (κ3) is 1.04. The molecule has 0 spiro atoms. The lowest BCUT2D eigenvalue weighted by atomic mass is 9.83. The summed E-state index contributed by atoms with van der Waals surface area (Å²) in [4.78, 5) is 0. The van der Waals surface area contributed by atoms with Gasteiger partial charge in [-0.15, -0.1) is 0 Å². The molecule has 2 unspecified atom stereocenters. The molecule has 1 aliphatic rings. The average molecular weight is 148 g/mol. The zero-order valence-electron chi connectivity index (χ0n) is 6.39. The summed E-state index contributed by atoms with van der Waals surface area (Å²) in [5.41, 5.74) is -0.339. The second-order valence-electron chi connectivity index (χ2n) is 2.78. The van der Waals surface area contributed by atoms with Gasteiger partial charge in [0.15, 0.2) is 0 Å². The Morgan fingerprint density at radius 2 is 2.50 bits per heavy atom. The van der Waals surface area contributed by atoms with E-state index in [9.17, 15) is 4.39 Å². The molecule has 10 heavy (non-hydrogen) atoms. The van der Waals surface area contributed by atoms with Crippen molar-refractivity contribution < 1.29 is 13.9 Å². The molecule has 0 aromatic heterocycles. The van der Waals surface area contributed by atoms with Crippen LogP contribution in [0.1, 0.15) is 13.3 Å². The maximum atomic E-state index is 12.7. The summed E-state index contributed by atoms with van der Waals surface area (Å²) in [5, 5.41) is 0. The van der Waals surface area contributed by atoms with Crippen LogP contribution in [0.25, 0.3) is 0 Å². The fraction of sp³-hybridized carbons (Fsp3) is 1.00. The van der Waals surface area contributed by atoms with Crippen LogP contribution in [0.5, 0.6) is 0 Å². The molecule has 1 saturated heterocycles.